The van der Waals surface area contributed by atoms with Crippen LogP contribution in [0.5, 0.6) is 0 Å². The summed E-state index contributed by atoms with van der Waals surface area (Å²) in [4.78, 5) is 14.6. The predicted molar refractivity (Wildman–Crippen MR) is 83.8 cm³/mol. The van der Waals surface area contributed by atoms with E-state index in [1.807, 2.05) is 0 Å². The van der Waals surface area contributed by atoms with Crippen molar-refractivity contribution in [3.8, 4) is 0 Å². The normalized spacial score (nSPS) is 21.0. The Labute approximate surface area is 126 Å². The van der Waals surface area contributed by atoms with Gasteiger partial charge < -0.3 is 11.1 Å². The molecule has 114 valence electrons. The smallest absolute Gasteiger partial charge is 0.240 e. The Hall–Kier alpha value is -1.39. The maximum atomic E-state index is 12.2. The van der Waals surface area contributed by atoms with Gasteiger partial charge in [-0.3, -0.25) is 9.69 Å². The molecular weight excluding hydrogens is 262 g/mol. The second-order valence-corrected chi connectivity index (χ2v) is 6.41. The molecule has 3 rings (SSSR count). The van der Waals surface area contributed by atoms with Crippen molar-refractivity contribution in [1.82, 2.24) is 10.2 Å². The van der Waals surface area contributed by atoms with Crippen LogP contribution in [-0.2, 0) is 17.8 Å². The van der Waals surface area contributed by atoms with Crippen molar-refractivity contribution >= 4 is 5.91 Å². The van der Waals surface area contributed by atoms with E-state index >= 15 is 0 Å². The molecule has 1 aromatic rings. The van der Waals surface area contributed by atoms with Crippen LogP contribution in [0.25, 0.3) is 0 Å². The summed E-state index contributed by atoms with van der Waals surface area (Å²) in [6, 6.07) is 8.62. The summed E-state index contributed by atoms with van der Waals surface area (Å²) in [5, 5.41) is 3.03. The van der Waals surface area contributed by atoms with Gasteiger partial charge in [0, 0.05) is 26.2 Å². The van der Waals surface area contributed by atoms with E-state index in [1.165, 1.54) is 11.1 Å². The van der Waals surface area contributed by atoms with Gasteiger partial charge in [-0.2, -0.15) is 0 Å². The highest BCUT2D eigenvalue weighted by atomic mass is 16.2. The molecule has 3 N–H and O–H groups in total. The van der Waals surface area contributed by atoms with Crippen LogP contribution in [0.2, 0.25) is 0 Å². The van der Waals surface area contributed by atoms with E-state index in [-0.39, 0.29) is 5.91 Å². The molecule has 0 unspecified atom stereocenters. The zero-order valence-electron chi connectivity index (χ0n) is 12.6. The lowest BCUT2D eigenvalue weighted by molar-refractivity contribution is -0.126. The Morgan fingerprint density at radius 1 is 1.24 bits per heavy atom. The molecule has 0 bridgehead atoms. The maximum absolute atomic E-state index is 12.2. The molecular formula is C17H25N3O. The minimum atomic E-state index is -0.603. The van der Waals surface area contributed by atoms with Gasteiger partial charge in [-0.25, -0.2) is 0 Å². The topological polar surface area (TPSA) is 58.4 Å². The highest BCUT2D eigenvalue weighted by Gasteiger charge is 2.36. The minimum absolute atomic E-state index is 0.0393. The van der Waals surface area contributed by atoms with Gasteiger partial charge in [0.25, 0.3) is 0 Å². The molecule has 0 aromatic heterocycles. The largest absolute Gasteiger partial charge is 0.353 e. The molecule has 0 radical (unpaired) electrons. The first-order chi connectivity index (χ1) is 10.2. The average Bonchev–Trinajstić information content (AvgIpc) is 2.95. The van der Waals surface area contributed by atoms with Gasteiger partial charge in [-0.05, 0) is 30.4 Å². The number of fused-ring (bicyclic) bond motifs is 1. The molecule has 2 aliphatic rings. The van der Waals surface area contributed by atoms with E-state index in [9.17, 15) is 4.79 Å². The van der Waals surface area contributed by atoms with Crippen molar-refractivity contribution in [3.05, 3.63) is 35.4 Å². The first-order valence-electron chi connectivity index (χ1n) is 8.04. The lowest BCUT2D eigenvalue weighted by Gasteiger charge is -2.29. The van der Waals surface area contributed by atoms with Crippen LogP contribution >= 0.6 is 0 Å². The molecule has 1 aliphatic carbocycles. The number of carbonyl (C=O) groups is 1. The Morgan fingerprint density at radius 3 is 2.71 bits per heavy atom. The summed E-state index contributed by atoms with van der Waals surface area (Å²) in [7, 11) is 0. The zero-order valence-corrected chi connectivity index (χ0v) is 12.6. The average molecular weight is 287 g/mol. The molecule has 1 fully saturated rings. The monoisotopic (exact) mass is 287 g/mol. The fourth-order valence-corrected chi connectivity index (χ4v) is 3.48. The van der Waals surface area contributed by atoms with Crippen LogP contribution in [0.1, 0.15) is 36.8 Å². The van der Waals surface area contributed by atoms with Crippen molar-refractivity contribution < 1.29 is 4.79 Å². The number of amides is 1. The highest BCUT2D eigenvalue weighted by Crippen LogP contribution is 2.27. The van der Waals surface area contributed by atoms with Crippen molar-refractivity contribution in [1.29, 1.82) is 0 Å². The van der Waals surface area contributed by atoms with Crippen molar-refractivity contribution in [2.75, 3.05) is 19.6 Å². The molecule has 1 aliphatic heterocycles. The van der Waals surface area contributed by atoms with E-state index in [0.717, 1.165) is 51.7 Å². The Kier molecular flexibility index (Phi) is 4.27. The Bertz CT molecular complexity index is 509. The van der Waals surface area contributed by atoms with Gasteiger partial charge in [-0.1, -0.05) is 37.1 Å². The van der Waals surface area contributed by atoms with Gasteiger partial charge in [0.1, 0.15) is 0 Å². The number of nitrogens with one attached hydrogen (secondary N) is 1. The second kappa shape index (κ2) is 6.16. The van der Waals surface area contributed by atoms with Crippen LogP contribution in [0.15, 0.2) is 24.3 Å². The van der Waals surface area contributed by atoms with Crippen molar-refractivity contribution in [2.45, 2.75) is 44.2 Å². The van der Waals surface area contributed by atoms with Gasteiger partial charge >= 0.3 is 0 Å². The lowest BCUT2D eigenvalue weighted by Crippen LogP contribution is -2.53. The van der Waals surface area contributed by atoms with Crippen LogP contribution in [0.4, 0.5) is 0 Å². The predicted octanol–water partition coefficient (Wildman–Crippen LogP) is 1.43. The van der Waals surface area contributed by atoms with Crippen LogP contribution in [-0.4, -0.2) is 36.0 Å². The fourth-order valence-electron chi connectivity index (χ4n) is 3.48. The van der Waals surface area contributed by atoms with E-state index in [2.05, 4.69) is 34.5 Å². The van der Waals surface area contributed by atoms with Crippen LogP contribution < -0.4 is 11.1 Å². The quantitative estimate of drug-likeness (QED) is 0.881. The molecule has 1 saturated carbocycles. The van der Waals surface area contributed by atoms with Crippen LogP contribution in [0, 0.1) is 0 Å². The molecule has 21 heavy (non-hydrogen) atoms. The summed E-state index contributed by atoms with van der Waals surface area (Å²) in [6.07, 6.45) is 4.91. The third-order valence-corrected chi connectivity index (χ3v) is 4.87. The number of rotatable bonds is 4. The minimum Gasteiger partial charge on any atom is -0.353 e. The Balaban J connectivity index is 1.45. The SMILES string of the molecule is NC1(C(=O)NCCN2CCc3ccccc3C2)CCCC1. The van der Waals surface area contributed by atoms with E-state index in [0.29, 0.717) is 6.54 Å². The zero-order chi connectivity index (χ0) is 14.7. The van der Waals surface area contributed by atoms with E-state index in [1.54, 1.807) is 0 Å². The van der Waals surface area contributed by atoms with E-state index < -0.39 is 5.54 Å². The third kappa shape index (κ3) is 3.27. The summed E-state index contributed by atoms with van der Waals surface area (Å²) >= 11 is 0. The van der Waals surface area contributed by atoms with E-state index in [4.69, 9.17) is 5.73 Å². The number of carbonyl (C=O) groups excluding carboxylic acids is 1. The molecule has 0 spiro atoms. The lowest BCUT2D eigenvalue weighted by atomic mass is 9.98. The first kappa shape index (κ1) is 14.5. The van der Waals surface area contributed by atoms with Crippen molar-refractivity contribution in [3.63, 3.8) is 0 Å². The Morgan fingerprint density at radius 2 is 1.95 bits per heavy atom. The first-order valence-corrected chi connectivity index (χ1v) is 8.04. The van der Waals surface area contributed by atoms with Crippen LogP contribution in [0.3, 0.4) is 0 Å². The van der Waals surface area contributed by atoms with Gasteiger partial charge in [0.15, 0.2) is 0 Å². The van der Waals surface area contributed by atoms with Gasteiger partial charge in [-0.15, -0.1) is 0 Å². The molecule has 1 heterocycles. The number of benzene rings is 1. The molecule has 0 atom stereocenters. The third-order valence-electron chi connectivity index (χ3n) is 4.87. The summed E-state index contributed by atoms with van der Waals surface area (Å²) in [6.45, 7) is 3.65. The number of nitrogens with zero attached hydrogens (tertiary/aromatic N) is 1. The number of nitrogens with two attached hydrogens (primary N) is 1. The van der Waals surface area contributed by atoms with Gasteiger partial charge in [0.05, 0.1) is 5.54 Å². The molecule has 1 aromatic carbocycles. The molecule has 1 amide bonds. The second-order valence-electron chi connectivity index (χ2n) is 6.41. The molecule has 0 saturated heterocycles. The van der Waals surface area contributed by atoms with Gasteiger partial charge in [0.2, 0.25) is 5.91 Å². The van der Waals surface area contributed by atoms with Crippen molar-refractivity contribution in [2.24, 2.45) is 5.73 Å². The summed E-state index contributed by atoms with van der Waals surface area (Å²) in [5.74, 6) is 0.0393. The number of hydrogen-bond acceptors (Lipinski definition) is 3. The summed E-state index contributed by atoms with van der Waals surface area (Å²) < 4.78 is 0. The molecule has 4 nitrogen and oxygen atoms in total. The fraction of sp³-hybridized carbons (Fsp3) is 0.588. The maximum Gasteiger partial charge on any atom is 0.240 e. The highest BCUT2D eigenvalue weighted by molar-refractivity contribution is 5.86. The summed E-state index contributed by atoms with van der Waals surface area (Å²) in [5.41, 5.74) is 8.44. The standard InChI is InChI=1S/C17H25N3O/c18-17(8-3-4-9-17)16(21)19-10-12-20-11-7-14-5-1-2-6-15(14)13-20/h1-2,5-6H,3-4,7-13,18H2,(H,19,21). The molecule has 4 heteroatoms. The number of hydrogen-bond donors (Lipinski definition) is 2.